The first-order chi connectivity index (χ1) is 11.9. The summed E-state index contributed by atoms with van der Waals surface area (Å²) in [7, 11) is 0. The second kappa shape index (κ2) is 8.36. The van der Waals surface area contributed by atoms with Crippen molar-refractivity contribution in [3.05, 3.63) is 84.5 Å². The van der Waals surface area contributed by atoms with E-state index in [9.17, 15) is 0 Å². The summed E-state index contributed by atoms with van der Waals surface area (Å²) in [6.45, 7) is 14.3. The molecule has 0 saturated carbocycles. The first-order valence-electron chi connectivity index (χ1n) is 8.33. The van der Waals surface area contributed by atoms with Gasteiger partial charge in [0.1, 0.15) is 0 Å². The van der Waals surface area contributed by atoms with Crippen LogP contribution in [0, 0.1) is 0 Å². The number of aryl methyl sites for hydroxylation is 1. The molecule has 0 aliphatic heterocycles. The lowest BCUT2D eigenvalue weighted by molar-refractivity contribution is 0.288. The molecule has 0 atom stereocenters. The van der Waals surface area contributed by atoms with Gasteiger partial charge < -0.3 is 16.2 Å². The van der Waals surface area contributed by atoms with E-state index in [1.54, 1.807) is 0 Å². The molecule has 0 aromatic heterocycles. The van der Waals surface area contributed by atoms with E-state index in [1.807, 2.05) is 49.4 Å². The van der Waals surface area contributed by atoms with Gasteiger partial charge in [-0.1, -0.05) is 55.6 Å². The van der Waals surface area contributed by atoms with Crippen LogP contribution in [0.1, 0.15) is 35.6 Å². The quantitative estimate of drug-likeness (QED) is 0.658. The van der Waals surface area contributed by atoms with Crippen molar-refractivity contribution in [1.82, 2.24) is 0 Å². The van der Waals surface area contributed by atoms with Crippen molar-refractivity contribution >= 4 is 22.7 Å². The monoisotopic (exact) mass is 334 g/mol. The molecule has 0 amide bonds. The Kier molecular flexibility index (Phi) is 6.20. The number of hydrogen-bond donors (Lipinski definition) is 3. The maximum Gasteiger partial charge on any atom is 0.0478 e. The topological polar surface area (TPSA) is 58.3 Å². The molecule has 3 heteroatoms. The van der Waals surface area contributed by atoms with Gasteiger partial charge in [-0.3, -0.25) is 0 Å². The number of benzene rings is 2. The summed E-state index contributed by atoms with van der Waals surface area (Å²) in [5, 5.41) is 12.4. The van der Waals surface area contributed by atoms with Crippen molar-refractivity contribution in [3.63, 3.8) is 0 Å². The van der Waals surface area contributed by atoms with Gasteiger partial charge in [0.25, 0.3) is 0 Å². The fourth-order valence-corrected chi connectivity index (χ4v) is 2.75. The Bertz CT molecular complexity index is 805. The van der Waals surface area contributed by atoms with Gasteiger partial charge in [0, 0.05) is 34.8 Å². The molecule has 0 radical (unpaired) electrons. The van der Waals surface area contributed by atoms with E-state index in [1.165, 1.54) is 0 Å². The number of rotatable bonds is 8. The van der Waals surface area contributed by atoms with E-state index in [4.69, 9.17) is 10.8 Å². The smallest absolute Gasteiger partial charge is 0.0478 e. The molecule has 4 N–H and O–H groups in total. The normalized spacial score (nSPS) is 10.3. The predicted molar refractivity (Wildman–Crippen MR) is 109 cm³/mol. The van der Waals surface area contributed by atoms with Gasteiger partial charge in [-0.15, -0.1) is 0 Å². The lowest BCUT2D eigenvalue weighted by atomic mass is 9.99. The molecule has 0 spiro atoms. The minimum absolute atomic E-state index is 0.174. The summed E-state index contributed by atoms with van der Waals surface area (Å²) >= 11 is 0. The van der Waals surface area contributed by atoms with Gasteiger partial charge >= 0.3 is 0 Å². The third-order valence-corrected chi connectivity index (χ3v) is 4.05. The second-order valence-electron chi connectivity index (χ2n) is 6.16. The van der Waals surface area contributed by atoms with E-state index in [2.05, 4.69) is 25.1 Å². The molecule has 130 valence electrons. The molecule has 0 fully saturated rings. The molecule has 0 aliphatic carbocycles. The molecular weight excluding hydrogens is 308 g/mol. The first kappa shape index (κ1) is 18.6. The fraction of sp³-hybridized carbons (Fsp3) is 0.182. The highest BCUT2D eigenvalue weighted by Crippen LogP contribution is 2.28. The molecule has 0 bridgehead atoms. The van der Waals surface area contributed by atoms with Gasteiger partial charge in [0.15, 0.2) is 0 Å². The van der Waals surface area contributed by atoms with E-state index in [-0.39, 0.29) is 6.61 Å². The highest BCUT2D eigenvalue weighted by atomic mass is 16.2. The van der Waals surface area contributed by atoms with Crippen LogP contribution in [0.3, 0.4) is 0 Å². The predicted octanol–water partition coefficient (Wildman–Crippen LogP) is 4.66. The van der Waals surface area contributed by atoms with E-state index >= 15 is 0 Å². The van der Waals surface area contributed by atoms with Gasteiger partial charge in [-0.05, 0) is 43.0 Å². The van der Waals surface area contributed by atoms with Crippen LogP contribution in [0.15, 0.2) is 62.2 Å². The maximum absolute atomic E-state index is 9.00. The highest BCUT2D eigenvalue weighted by Gasteiger charge is 2.10. The zero-order valence-corrected chi connectivity index (χ0v) is 14.8. The molecule has 0 aliphatic rings. The standard InChI is InChI=1S/C22H26N2O/c1-15(2)19-9-5-6-10-20(19)17(4)24-22-12-11-18(8-7-13-25)14-21(22)16(3)23/h5-6,9-12,14,24-25H,1,3-4,7-8,13,23H2,2H3. The molecule has 0 saturated heterocycles. The van der Waals surface area contributed by atoms with Crippen molar-refractivity contribution in [3.8, 4) is 0 Å². The van der Waals surface area contributed by atoms with Gasteiger partial charge in [-0.25, -0.2) is 0 Å². The Labute approximate surface area is 150 Å². The molecule has 0 heterocycles. The average molecular weight is 334 g/mol. The van der Waals surface area contributed by atoms with Crippen LogP contribution in [0.2, 0.25) is 0 Å². The zero-order chi connectivity index (χ0) is 18.4. The Morgan fingerprint density at radius 1 is 1.04 bits per heavy atom. The Morgan fingerprint density at radius 2 is 1.72 bits per heavy atom. The minimum Gasteiger partial charge on any atom is -0.399 e. The number of allylic oxidation sites excluding steroid dienone is 1. The van der Waals surface area contributed by atoms with E-state index in [0.717, 1.165) is 52.1 Å². The summed E-state index contributed by atoms with van der Waals surface area (Å²) in [5.41, 5.74) is 13.1. The Hall–Kier alpha value is -2.78. The van der Waals surface area contributed by atoms with Gasteiger partial charge in [-0.2, -0.15) is 0 Å². The third-order valence-electron chi connectivity index (χ3n) is 4.05. The number of anilines is 1. The lowest BCUT2D eigenvalue weighted by Crippen LogP contribution is -2.05. The molecule has 2 aromatic carbocycles. The van der Waals surface area contributed by atoms with Crippen LogP contribution in [-0.4, -0.2) is 11.7 Å². The highest BCUT2D eigenvalue weighted by molar-refractivity contribution is 5.86. The van der Waals surface area contributed by atoms with Gasteiger partial charge in [0.05, 0.1) is 0 Å². The van der Waals surface area contributed by atoms with Crippen LogP contribution in [0.5, 0.6) is 0 Å². The third kappa shape index (κ3) is 4.61. The van der Waals surface area contributed by atoms with Crippen molar-refractivity contribution in [2.45, 2.75) is 19.8 Å². The van der Waals surface area contributed by atoms with Crippen LogP contribution >= 0.6 is 0 Å². The fourth-order valence-electron chi connectivity index (χ4n) is 2.75. The maximum atomic E-state index is 9.00. The van der Waals surface area contributed by atoms with E-state index < -0.39 is 0 Å². The number of nitrogens with one attached hydrogen (secondary N) is 1. The summed E-state index contributed by atoms with van der Waals surface area (Å²) in [6, 6.07) is 14.0. The first-order valence-corrected chi connectivity index (χ1v) is 8.33. The summed E-state index contributed by atoms with van der Waals surface area (Å²) in [4.78, 5) is 0. The summed E-state index contributed by atoms with van der Waals surface area (Å²) < 4.78 is 0. The minimum atomic E-state index is 0.174. The van der Waals surface area contributed by atoms with Crippen molar-refractivity contribution < 1.29 is 5.11 Å². The number of nitrogens with two attached hydrogens (primary N) is 1. The van der Waals surface area contributed by atoms with Crippen molar-refractivity contribution in [2.24, 2.45) is 5.73 Å². The van der Waals surface area contributed by atoms with Crippen molar-refractivity contribution in [1.29, 1.82) is 0 Å². The zero-order valence-electron chi connectivity index (χ0n) is 14.8. The Balaban J connectivity index is 2.32. The van der Waals surface area contributed by atoms with Crippen LogP contribution in [0.4, 0.5) is 5.69 Å². The molecule has 2 rings (SSSR count). The summed E-state index contributed by atoms with van der Waals surface area (Å²) in [6.07, 6.45) is 1.53. The molecule has 25 heavy (non-hydrogen) atoms. The van der Waals surface area contributed by atoms with Gasteiger partial charge in [0.2, 0.25) is 0 Å². The molecule has 2 aromatic rings. The number of hydrogen-bond acceptors (Lipinski definition) is 3. The molecular formula is C22H26N2O. The van der Waals surface area contributed by atoms with Crippen molar-refractivity contribution in [2.75, 3.05) is 11.9 Å². The van der Waals surface area contributed by atoms with Crippen LogP contribution < -0.4 is 11.1 Å². The number of aliphatic hydroxyl groups is 1. The largest absolute Gasteiger partial charge is 0.399 e. The van der Waals surface area contributed by atoms with E-state index in [0.29, 0.717) is 5.70 Å². The molecule has 3 nitrogen and oxygen atoms in total. The number of aliphatic hydroxyl groups excluding tert-OH is 1. The van der Waals surface area contributed by atoms with Crippen LogP contribution in [0.25, 0.3) is 17.0 Å². The lowest BCUT2D eigenvalue weighted by Gasteiger charge is -2.17. The molecule has 0 unspecified atom stereocenters. The Morgan fingerprint density at radius 3 is 2.32 bits per heavy atom. The average Bonchev–Trinajstić information content (AvgIpc) is 2.60. The summed E-state index contributed by atoms with van der Waals surface area (Å²) in [5.74, 6) is 0. The SMILES string of the molecule is C=C(N)c1cc(CCCO)ccc1NC(=C)c1ccccc1C(=C)C. The second-order valence-corrected chi connectivity index (χ2v) is 6.16. The van der Waals surface area contributed by atoms with Crippen LogP contribution in [-0.2, 0) is 6.42 Å².